The maximum atomic E-state index is 4.39. The molecule has 0 bridgehead atoms. The quantitative estimate of drug-likeness (QED) is 0.910. The second-order valence-corrected chi connectivity index (χ2v) is 7.63. The predicted molar refractivity (Wildman–Crippen MR) is 84.6 cm³/mol. The van der Waals surface area contributed by atoms with E-state index in [1.54, 1.807) is 0 Å². The zero-order valence-electron chi connectivity index (χ0n) is 13.9. The molecular weight excluding hydrogens is 246 g/mol. The molecule has 3 nitrogen and oxygen atoms in total. The van der Waals surface area contributed by atoms with Gasteiger partial charge >= 0.3 is 0 Å². The molecule has 0 radical (unpaired) electrons. The minimum absolute atomic E-state index is 0.491. The van der Waals surface area contributed by atoms with Crippen LogP contribution in [0.4, 0.5) is 0 Å². The summed E-state index contributed by atoms with van der Waals surface area (Å²) in [6.45, 7) is 11.4. The van der Waals surface area contributed by atoms with Crippen molar-refractivity contribution < 1.29 is 0 Å². The van der Waals surface area contributed by atoms with Crippen LogP contribution in [0.2, 0.25) is 0 Å². The number of aryl methyl sites for hydroxylation is 2. The summed E-state index contributed by atoms with van der Waals surface area (Å²) in [6.07, 6.45) is 7.71. The molecule has 1 saturated carbocycles. The van der Waals surface area contributed by atoms with Gasteiger partial charge in [0.25, 0.3) is 0 Å². The van der Waals surface area contributed by atoms with Gasteiger partial charge in [0, 0.05) is 25.4 Å². The van der Waals surface area contributed by atoms with E-state index in [0.29, 0.717) is 5.41 Å². The Bertz CT molecular complexity index is 420. The van der Waals surface area contributed by atoms with E-state index in [1.807, 2.05) is 11.7 Å². The van der Waals surface area contributed by atoms with Gasteiger partial charge in [-0.3, -0.25) is 4.68 Å². The third-order valence-corrected chi connectivity index (χ3v) is 4.94. The van der Waals surface area contributed by atoms with Crippen LogP contribution in [-0.2, 0) is 13.6 Å². The van der Waals surface area contributed by atoms with Crippen LogP contribution in [0.15, 0.2) is 6.20 Å². The Morgan fingerprint density at radius 2 is 1.90 bits per heavy atom. The lowest BCUT2D eigenvalue weighted by atomic mass is 9.70. The first-order valence-electron chi connectivity index (χ1n) is 8.06. The first-order chi connectivity index (χ1) is 9.36. The standard InChI is InChI=1S/C17H31N3/c1-13-15(12-20(5)19-13)11-18-10-14-6-8-16(9-7-14)17(2,3)4/h12,14,16,18H,6-11H2,1-5H3. The van der Waals surface area contributed by atoms with Crippen LogP contribution in [-0.4, -0.2) is 16.3 Å². The third kappa shape index (κ3) is 4.08. The molecule has 0 amide bonds. The predicted octanol–water partition coefficient (Wildman–Crippen LogP) is 3.67. The minimum Gasteiger partial charge on any atom is -0.312 e. The van der Waals surface area contributed by atoms with Crippen molar-refractivity contribution in [2.45, 2.75) is 59.9 Å². The number of rotatable bonds is 4. The van der Waals surface area contributed by atoms with Crippen molar-refractivity contribution >= 4 is 0 Å². The van der Waals surface area contributed by atoms with E-state index in [1.165, 1.54) is 31.2 Å². The smallest absolute Gasteiger partial charge is 0.0638 e. The van der Waals surface area contributed by atoms with Crippen molar-refractivity contribution in [3.63, 3.8) is 0 Å². The Kier molecular flexibility index (Phi) is 4.90. The van der Waals surface area contributed by atoms with Gasteiger partial charge in [-0.25, -0.2) is 0 Å². The SMILES string of the molecule is Cc1nn(C)cc1CNCC1CCC(C(C)(C)C)CC1. The lowest BCUT2D eigenvalue weighted by Crippen LogP contribution is -2.30. The van der Waals surface area contributed by atoms with Crippen LogP contribution in [0, 0.1) is 24.2 Å². The van der Waals surface area contributed by atoms with Crippen LogP contribution in [0.25, 0.3) is 0 Å². The van der Waals surface area contributed by atoms with Crippen LogP contribution in [0.1, 0.15) is 57.7 Å². The van der Waals surface area contributed by atoms with Crippen molar-refractivity contribution in [2.75, 3.05) is 6.54 Å². The molecule has 0 spiro atoms. The average molecular weight is 277 g/mol. The largest absolute Gasteiger partial charge is 0.312 e. The minimum atomic E-state index is 0.491. The number of nitrogens with one attached hydrogen (secondary N) is 1. The summed E-state index contributed by atoms with van der Waals surface area (Å²) in [4.78, 5) is 0. The fraction of sp³-hybridized carbons (Fsp3) is 0.824. The lowest BCUT2D eigenvalue weighted by Gasteiger charge is -2.37. The maximum absolute atomic E-state index is 4.39. The molecule has 2 rings (SSSR count). The Hall–Kier alpha value is -0.830. The molecule has 0 unspecified atom stereocenters. The summed E-state index contributed by atoms with van der Waals surface area (Å²) in [6, 6.07) is 0. The van der Waals surface area contributed by atoms with Crippen LogP contribution < -0.4 is 5.32 Å². The van der Waals surface area contributed by atoms with E-state index in [-0.39, 0.29) is 0 Å². The van der Waals surface area contributed by atoms with Gasteiger partial charge in [0.05, 0.1) is 5.69 Å². The highest BCUT2D eigenvalue weighted by Gasteiger charge is 2.29. The molecule has 0 saturated heterocycles. The summed E-state index contributed by atoms with van der Waals surface area (Å²) < 4.78 is 1.90. The van der Waals surface area contributed by atoms with E-state index >= 15 is 0 Å². The van der Waals surface area contributed by atoms with Crippen molar-refractivity contribution in [3.05, 3.63) is 17.5 Å². The summed E-state index contributed by atoms with van der Waals surface area (Å²) >= 11 is 0. The normalized spacial score (nSPS) is 24.1. The third-order valence-electron chi connectivity index (χ3n) is 4.94. The van der Waals surface area contributed by atoms with Gasteiger partial charge in [-0.05, 0) is 56.4 Å². The highest BCUT2D eigenvalue weighted by atomic mass is 15.2. The fourth-order valence-corrected chi connectivity index (χ4v) is 3.47. The number of nitrogens with zero attached hydrogens (tertiary/aromatic N) is 2. The van der Waals surface area contributed by atoms with E-state index in [9.17, 15) is 0 Å². The van der Waals surface area contributed by atoms with E-state index in [2.05, 4.69) is 44.3 Å². The van der Waals surface area contributed by atoms with E-state index in [0.717, 1.165) is 30.6 Å². The molecule has 1 aliphatic rings. The van der Waals surface area contributed by atoms with Gasteiger partial charge in [0.15, 0.2) is 0 Å². The zero-order valence-corrected chi connectivity index (χ0v) is 13.9. The molecule has 1 aliphatic carbocycles. The molecule has 1 aromatic heterocycles. The van der Waals surface area contributed by atoms with Crippen LogP contribution in [0.5, 0.6) is 0 Å². The topological polar surface area (TPSA) is 29.9 Å². The molecule has 0 aliphatic heterocycles. The van der Waals surface area contributed by atoms with Crippen molar-refractivity contribution in [1.82, 2.24) is 15.1 Å². The maximum Gasteiger partial charge on any atom is 0.0638 e. The first-order valence-corrected chi connectivity index (χ1v) is 8.06. The van der Waals surface area contributed by atoms with E-state index in [4.69, 9.17) is 0 Å². The van der Waals surface area contributed by atoms with Crippen LogP contribution >= 0.6 is 0 Å². The fourth-order valence-electron chi connectivity index (χ4n) is 3.47. The Balaban J connectivity index is 1.70. The number of hydrogen-bond donors (Lipinski definition) is 1. The molecule has 0 atom stereocenters. The summed E-state index contributed by atoms with van der Waals surface area (Å²) in [5.74, 6) is 1.78. The molecule has 114 valence electrons. The van der Waals surface area contributed by atoms with Crippen molar-refractivity contribution in [3.8, 4) is 0 Å². The molecule has 1 aromatic rings. The van der Waals surface area contributed by atoms with Gasteiger partial charge in [0.2, 0.25) is 0 Å². The Morgan fingerprint density at radius 1 is 1.25 bits per heavy atom. The number of aromatic nitrogens is 2. The second kappa shape index (κ2) is 6.30. The molecule has 20 heavy (non-hydrogen) atoms. The summed E-state index contributed by atoms with van der Waals surface area (Å²) in [5.41, 5.74) is 2.97. The molecule has 1 N–H and O–H groups in total. The monoisotopic (exact) mass is 277 g/mol. The van der Waals surface area contributed by atoms with Gasteiger partial charge < -0.3 is 5.32 Å². The van der Waals surface area contributed by atoms with Gasteiger partial charge in [-0.1, -0.05) is 20.8 Å². The highest BCUT2D eigenvalue weighted by Crippen LogP contribution is 2.39. The molecule has 1 heterocycles. The van der Waals surface area contributed by atoms with Gasteiger partial charge in [-0.2, -0.15) is 5.10 Å². The Labute approximate surface area is 124 Å². The zero-order chi connectivity index (χ0) is 14.8. The second-order valence-electron chi connectivity index (χ2n) is 7.63. The first kappa shape index (κ1) is 15.6. The highest BCUT2D eigenvalue weighted by molar-refractivity contribution is 5.14. The average Bonchev–Trinajstić information content (AvgIpc) is 2.67. The van der Waals surface area contributed by atoms with E-state index < -0.39 is 0 Å². The molecule has 3 heteroatoms. The van der Waals surface area contributed by atoms with Crippen molar-refractivity contribution in [1.29, 1.82) is 0 Å². The molecule has 1 fully saturated rings. The van der Waals surface area contributed by atoms with Crippen LogP contribution in [0.3, 0.4) is 0 Å². The summed E-state index contributed by atoms with van der Waals surface area (Å²) in [5, 5.41) is 8.02. The van der Waals surface area contributed by atoms with Gasteiger partial charge in [0.1, 0.15) is 0 Å². The van der Waals surface area contributed by atoms with Gasteiger partial charge in [-0.15, -0.1) is 0 Å². The molecule has 0 aromatic carbocycles. The molecular formula is C17H31N3. The lowest BCUT2D eigenvalue weighted by molar-refractivity contribution is 0.149. The van der Waals surface area contributed by atoms with Crippen molar-refractivity contribution in [2.24, 2.45) is 24.3 Å². The summed E-state index contributed by atoms with van der Waals surface area (Å²) in [7, 11) is 1.99. The Morgan fingerprint density at radius 3 is 2.40 bits per heavy atom. The number of hydrogen-bond acceptors (Lipinski definition) is 2.